The van der Waals surface area contributed by atoms with Gasteiger partial charge in [-0.1, -0.05) is 6.92 Å². The Balaban J connectivity index is 1.52. The standard InChI is InChI=1S/C24H28F2N8O2/c1-4-17-21-32-29-13-33(21)18-12-28-23(31-20(18)34(17)15-8-9-24(25,26)11-15)30-16-7-6-14(10-19(16)36-3)22(35)27-5-2/h6-7,10,12-13,15,17H,4-5,8-9,11H2,1-3H3,(H,27,35)(H,28,30,31)/t15-,17-/m1/s1. The number of ether oxygens (including phenoxy) is 1. The lowest BCUT2D eigenvalue weighted by molar-refractivity contribution is 0.00745. The number of nitrogens with zero attached hydrogens (tertiary/aromatic N) is 6. The van der Waals surface area contributed by atoms with E-state index < -0.39 is 5.92 Å². The number of alkyl halides is 2. The molecule has 1 aliphatic heterocycles. The first-order valence-corrected chi connectivity index (χ1v) is 12.0. The monoisotopic (exact) mass is 498 g/mol. The van der Waals surface area contributed by atoms with Gasteiger partial charge in [0.1, 0.15) is 17.8 Å². The van der Waals surface area contributed by atoms with Crippen LogP contribution in [0, 0.1) is 0 Å². The predicted octanol–water partition coefficient (Wildman–Crippen LogP) is 4.02. The van der Waals surface area contributed by atoms with Crippen LogP contribution in [0.3, 0.4) is 0 Å². The zero-order valence-corrected chi connectivity index (χ0v) is 20.3. The van der Waals surface area contributed by atoms with Crippen LogP contribution in [0.15, 0.2) is 30.7 Å². The van der Waals surface area contributed by atoms with Crippen molar-refractivity contribution in [2.75, 3.05) is 23.9 Å². The first-order valence-electron chi connectivity index (χ1n) is 12.0. The summed E-state index contributed by atoms with van der Waals surface area (Å²) in [5.41, 5.74) is 1.67. The molecule has 36 heavy (non-hydrogen) atoms. The number of amides is 1. The summed E-state index contributed by atoms with van der Waals surface area (Å²) in [6.07, 6.45) is 3.86. The molecule has 2 aliphatic rings. The number of fused-ring (bicyclic) bond motifs is 3. The van der Waals surface area contributed by atoms with Gasteiger partial charge in [-0.3, -0.25) is 9.36 Å². The van der Waals surface area contributed by atoms with Crippen molar-refractivity contribution in [2.24, 2.45) is 0 Å². The van der Waals surface area contributed by atoms with Gasteiger partial charge in [0.15, 0.2) is 11.6 Å². The Morgan fingerprint density at radius 2 is 2.14 bits per heavy atom. The van der Waals surface area contributed by atoms with E-state index in [0.29, 0.717) is 53.7 Å². The Labute approximate surface area is 207 Å². The van der Waals surface area contributed by atoms with Crippen LogP contribution >= 0.6 is 0 Å². The largest absolute Gasteiger partial charge is 0.495 e. The fourth-order valence-electron chi connectivity index (χ4n) is 5.00. The third kappa shape index (κ3) is 4.20. The lowest BCUT2D eigenvalue weighted by Crippen LogP contribution is -2.42. The van der Waals surface area contributed by atoms with E-state index in [9.17, 15) is 13.6 Å². The van der Waals surface area contributed by atoms with Crippen LogP contribution in [0.25, 0.3) is 5.69 Å². The molecule has 12 heteroatoms. The van der Waals surface area contributed by atoms with E-state index in [2.05, 4.69) is 25.8 Å². The number of carbonyl (C=O) groups is 1. The Kier molecular flexibility index (Phi) is 6.19. The minimum atomic E-state index is -2.71. The summed E-state index contributed by atoms with van der Waals surface area (Å²) in [7, 11) is 1.51. The molecule has 2 atom stereocenters. The second-order valence-corrected chi connectivity index (χ2v) is 8.95. The van der Waals surface area contributed by atoms with E-state index in [0.717, 1.165) is 0 Å². The highest BCUT2D eigenvalue weighted by molar-refractivity contribution is 5.95. The highest BCUT2D eigenvalue weighted by Crippen LogP contribution is 2.46. The molecule has 0 radical (unpaired) electrons. The second kappa shape index (κ2) is 9.32. The number of nitrogens with one attached hydrogen (secondary N) is 2. The van der Waals surface area contributed by atoms with E-state index in [4.69, 9.17) is 9.72 Å². The maximum atomic E-state index is 14.2. The van der Waals surface area contributed by atoms with Crippen LogP contribution in [0.1, 0.15) is 61.8 Å². The van der Waals surface area contributed by atoms with Crippen molar-refractivity contribution in [3.8, 4) is 11.4 Å². The van der Waals surface area contributed by atoms with Gasteiger partial charge in [-0.2, -0.15) is 4.98 Å². The molecular formula is C24H28F2N8O2. The molecule has 1 fully saturated rings. The van der Waals surface area contributed by atoms with E-state index >= 15 is 0 Å². The maximum Gasteiger partial charge on any atom is 0.251 e. The Bertz CT molecular complexity index is 1280. The molecule has 3 heterocycles. The summed E-state index contributed by atoms with van der Waals surface area (Å²) < 4.78 is 35.8. The molecule has 2 N–H and O–H groups in total. The molecule has 0 spiro atoms. The van der Waals surface area contributed by atoms with Gasteiger partial charge >= 0.3 is 0 Å². The molecule has 0 saturated heterocycles. The maximum absolute atomic E-state index is 14.2. The van der Waals surface area contributed by atoms with Gasteiger partial charge in [-0.05, 0) is 38.0 Å². The summed E-state index contributed by atoms with van der Waals surface area (Å²) in [5, 5.41) is 14.2. The SMILES string of the molecule is CCNC(=O)c1ccc(Nc2ncc3c(n2)N([C@@H]2CCC(F)(F)C2)[C@H](CC)c2nncn2-3)c(OC)c1. The fourth-order valence-corrected chi connectivity index (χ4v) is 5.00. The van der Waals surface area contributed by atoms with Crippen molar-refractivity contribution in [2.45, 2.75) is 57.5 Å². The van der Waals surface area contributed by atoms with Crippen LogP contribution in [0.5, 0.6) is 5.75 Å². The molecule has 10 nitrogen and oxygen atoms in total. The minimum absolute atomic E-state index is 0.155. The lowest BCUT2D eigenvalue weighted by atomic mass is 10.0. The molecule has 3 aromatic rings. The van der Waals surface area contributed by atoms with Crippen LogP contribution in [0.2, 0.25) is 0 Å². The summed E-state index contributed by atoms with van der Waals surface area (Å²) in [6.45, 7) is 4.36. The molecule has 1 amide bonds. The number of halogens is 2. The zero-order valence-electron chi connectivity index (χ0n) is 20.3. The first kappa shape index (κ1) is 23.9. The van der Waals surface area contributed by atoms with Crippen molar-refractivity contribution in [1.29, 1.82) is 0 Å². The Hall–Kier alpha value is -3.83. The van der Waals surface area contributed by atoms with Crippen LogP contribution in [0.4, 0.5) is 26.2 Å². The van der Waals surface area contributed by atoms with E-state index in [1.807, 2.05) is 23.3 Å². The van der Waals surface area contributed by atoms with Gasteiger partial charge in [0, 0.05) is 31.0 Å². The molecule has 190 valence electrons. The van der Waals surface area contributed by atoms with Crippen LogP contribution in [-0.4, -0.2) is 56.3 Å². The van der Waals surface area contributed by atoms with Gasteiger partial charge in [-0.25, -0.2) is 13.8 Å². The lowest BCUT2D eigenvalue weighted by Gasteiger charge is -2.40. The Morgan fingerprint density at radius 3 is 2.83 bits per heavy atom. The first-order chi connectivity index (χ1) is 17.3. The quantitative estimate of drug-likeness (QED) is 0.503. The molecule has 1 saturated carbocycles. The molecule has 5 rings (SSSR count). The molecule has 1 aromatic carbocycles. The highest BCUT2D eigenvalue weighted by Gasteiger charge is 2.46. The number of carbonyl (C=O) groups excluding carboxylic acids is 1. The number of hydrogen-bond acceptors (Lipinski definition) is 8. The van der Waals surface area contributed by atoms with Gasteiger partial charge in [0.25, 0.3) is 5.91 Å². The molecule has 0 bridgehead atoms. The van der Waals surface area contributed by atoms with Crippen molar-refractivity contribution >= 4 is 23.4 Å². The minimum Gasteiger partial charge on any atom is -0.495 e. The average Bonchev–Trinajstić information content (AvgIpc) is 3.49. The second-order valence-electron chi connectivity index (χ2n) is 8.95. The number of rotatable bonds is 7. The van der Waals surface area contributed by atoms with Crippen molar-refractivity contribution in [3.05, 3.63) is 42.1 Å². The number of hydrogen-bond donors (Lipinski definition) is 2. The van der Waals surface area contributed by atoms with Crippen molar-refractivity contribution in [3.63, 3.8) is 0 Å². The molecular weight excluding hydrogens is 470 g/mol. The van der Waals surface area contributed by atoms with E-state index in [1.165, 1.54) is 7.11 Å². The number of methoxy groups -OCH3 is 1. The van der Waals surface area contributed by atoms with Crippen LogP contribution in [-0.2, 0) is 0 Å². The van der Waals surface area contributed by atoms with Crippen LogP contribution < -0.4 is 20.3 Å². The van der Waals surface area contributed by atoms with Gasteiger partial charge < -0.3 is 20.3 Å². The smallest absolute Gasteiger partial charge is 0.251 e. The molecule has 2 aromatic heterocycles. The van der Waals surface area contributed by atoms with Gasteiger partial charge in [0.05, 0.1) is 25.0 Å². The normalized spacial score (nSPS) is 20.0. The summed E-state index contributed by atoms with van der Waals surface area (Å²) in [5.74, 6) is -0.952. The zero-order chi connectivity index (χ0) is 25.4. The summed E-state index contributed by atoms with van der Waals surface area (Å²) >= 11 is 0. The van der Waals surface area contributed by atoms with E-state index in [1.54, 1.807) is 30.7 Å². The van der Waals surface area contributed by atoms with E-state index in [-0.39, 0.29) is 36.8 Å². The van der Waals surface area contributed by atoms with Crippen molar-refractivity contribution < 1.29 is 18.3 Å². The number of benzene rings is 1. The van der Waals surface area contributed by atoms with Gasteiger partial charge in [0.2, 0.25) is 11.9 Å². The summed E-state index contributed by atoms with van der Waals surface area (Å²) in [4.78, 5) is 23.4. The fraction of sp³-hybridized carbons (Fsp3) is 0.458. The third-order valence-electron chi connectivity index (χ3n) is 6.67. The number of anilines is 3. The Morgan fingerprint density at radius 1 is 1.31 bits per heavy atom. The topological polar surface area (TPSA) is 110 Å². The number of aromatic nitrogens is 5. The molecule has 1 aliphatic carbocycles. The highest BCUT2D eigenvalue weighted by atomic mass is 19.3. The summed E-state index contributed by atoms with van der Waals surface area (Å²) in [6, 6.07) is 4.40. The molecule has 0 unspecified atom stereocenters. The average molecular weight is 499 g/mol. The third-order valence-corrected chi connectivity index (χ3v) is 6.67. The van der Waals surface area contributed by atoms with Gasteiger partial charge in [-0.15, -0.1) is 10.2 Å². The van der Waals surface area contributed by atoms with Crippen molar-refractivity contribution in [1.82, 2.24) is 30.0 Å². The predicted molar refractivity (Wildman–Crippen MR) is 129 cm³/mol.